The average molecular weight is 405 g/mol. The van der Waals surface area contributed by atoms with E-state index < -0.39 is 23.7 Å². The summed E-state index contributed by atoms with van der Waals surface area (Å²) >= 11 is 6.14. The number of anilines is 1. The van der Waals surface area contributed by atoms with Crippen molar-refractivity contribution in [2.24, 2.45) is 0 Å². The van der Waals surface area contributed by atoms with Gasteiger partial charge in [0.15, 0.2) is 11.5 Å². The van der Waals surface area contributed by atoms with Gasteiger partial charge in [-0.05, 0) is 35.9 Å². The normalized spacial score (nSPS) is 15.6. The summed E-state index contributed by atoms with van der Waals surface area (Å²) in [6.45, 7) is 0. The van der Waals surface area contributed by atoms with Crippen molar-refractivity contribution in [2.75, 3.05) is 19.1 Å². The number of benzene rings is 2. The third-order valence-corrected chi connectivity index (χ3v) is 4.24. The van der Waals surface area contributed by atoms with E-state index in [2.05, 4.69) is 0 Å². The number of ether oxygens (including phenoxy) is 2. The fourth-order valence-electron chi connectivity index (χ4n) is 2.70. The predicted octanol–water partition coefficient (Wildman–Crippen LogP) is 3.16. The molecule has 0 spiro atoms. The van der Waals surface area contributed by atoms with Gasteiger partial charge in [0, 0.05) is 0 Å². The van der Waals surface area contributed by atoms with Crippen LogP contribution in [0.15, 0.2) is 42.0 Å². The summed E-state index contributed by atoms with van der Waals surface area (Å²) in [5.41, 5.74) is -0.288. The number of nitrogens with zero attached hydrogens (tertiary/aromatic N) is 1. The topological polar surface area (TPSA) is 84.9 Å². The largest absolute Gasteiger partial charge is 0.493 e. The Labute approximate surface area is 164 Å². The molecule has 1 aliphatic heterocycles. The maximum absolute atomic E-state index is 14.1. The van der Waals surface area contributed by atoms with E-state index in [1.807, 2.05) is 5.32 Å². The van der Waals surface area contributed by atoms with Crippen molar-refractivity contribution in [2.45, 2.75) is 0 Å². The van der Waals surface area contributed by atoms with Crippen LogP contribution in [0.5, 0.6) is 11.5 Å². The second kappa shape index (κ2) is 7.69. The van der Waals surface area contributed by atoms with Gasteiger partial charge in [0.25, 0.3) is 11.8 Å². The minimum atomic E-state index is -1.04. The number of para-hydroxylation sites is 1. The zero-order valence-electron chi connectivity index (χ0n) is 14.8. The number of imide groups is 2. The molecule has 0 saturated carbocycles. The summed E-state index contributed by atoms with van der Waals surface area (Å²) in [5.74, 6) is -2.09. The average Bonchev–Trinajstić information content (AvgIpc) is 2.66. The highest BCUT2D eigenvalue weighted by molar-refractivity contribution is 6.39. The summed E-state index contributed by atoms with van der Waals surface area (Å²) in [6.07, 6.45) is 1.23. The molecule has 144 valence electrons. The lowest BCUT2D eigenvalue weighted by Crippen LogP contribution is -2.54. The fraction of sp³-hybridized carbons (Fsp3) is 0.105. The lowest BCUT2D eigenvalue weighted by atomic mass is 10.1. The van der Waals surface area contributed by atoms with Crippen LogP contribution in [0.25, 0.3) is 6.08 Å². The second-order valence-corrected chi connectivity index (χ2v) is 6.05. The van der Waals surface area contributed by atoms with Gasteiger partial charge in [-0.1, -0.05) is 23.7 Å². The minimum Gasteiger partial charge on any atom is -0.493 e. The highest BCUT2D eigenvalue weighted by atomic mass is 35.5. The van der Waals surface area contributed by atoms with E-state index in [0.29, 0.717) is 10.5 Å². The molecular formula is C19H14ClFN2O5. The number of nitrogens with one attached hydrogen (secondary N) is 1. The molecule has 2 aromatic carbocycles. The van der Waals surface area contributed by atoms with Gasteiger partial charge < -0.3 is 9.47 Å². The maximum Gasteiger partial charge on any atom is 0.336 e. The lowest BCUT2D eigenvalue weighted by molar-refractivity contribution is -0.122. The van der Waals surface area contributed by atoms with Gasteiger partial charge in [-0.15, -0.1) is 0 Å². The molecule has 28 heavy (non-hydrogen) atoms. The molecule has 1 fully saturated rings. The van der Waals surface area contributed by atoms with E-state index in [9.17, 15) is 18.8 Å². The van der Waals surface area contributed by atoms with Crippen LogP contribution in [0.3, 0.4) is 0 Å². The summed E-state index contributed by atoms with van der Waals surface area (Å²) < 4.78 is 24.4. The molecule has 3 rings (SSSR count). The Hall–Kier alpha value is -3.39. The van der Waals surface area contributed by atoms with Gasteiger partial charge in [-0.2, -0.15) is 0 Å². The van der Waals surface area contributed by atoms with Gasteiger partial charge in [0.1, 0.15) is 11.4 Å². The highest BCUT2D eigenvalue weighted by Crippen LogP contribution is 2.37. The Kier molecular flexibility index (Phi) is 5.32. The quantitative estimate of drug-likeness (QED) is 0.625. The first-order valence-corrected chi connectivity index (χ1v) is 8.32. The van der Waals surface area contributed by atoms with Crippen molar-refractivity contribution in [3.05, 3.63) is 58.4 Å². The molecule has 2 aromatic rings. The molecular weight excluding hydrogens is 391 g/mol. The number of amides is 4. The molecule has 0 atom stereocenters. The molecule has 9 heteroatoms. The van der Waals surface area contributed by atoms with Crippen LogP contribution in [0.4, 0.5) is 14.9 Å². The van der Waals surface area contributed by atoms with Crippen molar-refractivity contribution in [3.8, 4) is 11.5 Å². The number of halogens is 2. The van der Waals surface area contributed by atoms with Gasteiger partial charge in [-0.25, -0.2) is 14.1 Å². The fourth-order valence-corrected chi connectivity index (χ4v) is 2.99. The monoisotopic (exact) mass is 404 g/mol. The minimum absolute atomic E-state index is 0.194. The Morgan fingerprint density at radius 1 is 1.11 bits per heavy atom. The number of barbiturate groups is 1. The maximum atomic E-state index is 14.1. The number of hydrogen-bond donors (Lipinski definition) is 1. The van der Waals surface area contributed by atoms with E-state index >= 15 is 0 Å². The molecule has 4 amide bonds. The lowest BCUT2D eigenvalue weighted by Gasteiger charge is -2.26. The Bertz CT molecular complexity index is 1020. The number of rotatable bonds is 4. The van der Waals surface area contributed by atoms with Gasteiger partial charge in [0.05, 0.1) is 24.9 Å². The number of carbonyl (C=O) groups is 3. The standard InChI is InChI=1S/C19H14ClFN2O5/c1-27-15-9-10(8-12(20)16(15)28-2)7-11-17(24)22-19(26)23(18(11)25)14-6-4-3-5-13(14)21/h3-9H,1-2H3,(H,22,24,26)/b11-7+. The van der Waals surface area contributed by atoms with Crippen LogP contribution in [-0.4, -0.2) is 32.1 Å². The van der Waals surface area contributed by atoms with Gasteiger partial charge >= 0.3 is 6.03 Å². The number of methoxy groups -OCH3 is 2. The second-order valence-electron chi connectivity index (χ2n) is 5.65. The first-order valence-electron chi connectivity index (χ1n) is 7.95. The van der Waals surface area contributed by atoms with Crippen LogP contribution in [0.2, 0.25) is 5.02 Å². The molecule has 1 heterocycles. The Morgan fingerprint density at radius 2 is 1.82 bits per heavy atom. The van der Waals surface area contributed by atoms with Crippen molar-refractivity contribution in [1.29, 1.82) is 0 Å². The van der Waals surface area contributed by atoms with Crippen LogP contribution in [-0.2, 0) is 9.59 Å². The van der Waals surface area contributed by atoms with Gasteiger partial charge in [-0.3, -0.25) is 14.9 Å². The zero-order valence-corrected chi connectivity index (χ0v) is 15.5. The van der Waals surface area contributed by atoms with Gasteiger partial charge in [0.2, 0.25) is 0 Å². The Morgan fingerprint density at radius 3 is 2.46 bits per heavy atom. The molecule has 1 aliphatic rings. The van der Waals surface area contributed by atoms with E-state index in [1.54, 1.807) is 0 Å². The number of urea groups is 1. The highest BCUT2D eigenvalue weighted by Gasteiger charge is 2.38. The predicted molar refractivity (Wildman–Crippen MR) is 100.0 cm³/mol. The smallest absolute Gasteiger partial charge is 0.336 e. The molecule has 0 aliphatic carbocycles. The molecule has 0 unspecified atom stereocenters. The van der Waals surface area contributed by atoms with E-state index in [1.165, 1.54) is 50.6 Å². The Balaban J connectivity index is 2.07. The molecule has 1 N–H and O–H groups in total. The van der Waals surface area contributed by atoms with E-state index in [0.717, 1.165) is 6.07 Å². The van der Waals surface area contributed by atoms with E-state index in [-0.39, 0.29) is 27.8 Å². The first kappa shape index (κ1) is 19.4. The van der Waals surface area contributed by atoms with E-state index in [4.69, 9.17) is 21.1 Å². The van der Waals surface area contributed by atoms with Crippen LogP contribution in [0.1, 0.15) is 5.56 Å². The number of hydrogen-bond acceptors (Lipinski definition) is 5. The van der Waals surface area contributed by atoms with Crippen molar-refractivity contribution < 1.29 is 28.2 Å². The first-order chi connectivity index (χ1) is 13.4. The van der Waals surface area contributed by atoms with Crippen LogP contribution in [0, 0.1) is 5.82 Å². The SMILES string of the molecule is COc1cc(/C=C2\C(=O)NC(=O)N(c3ccccc3F)C2=O)cc(Cl)c1OC. The summed E-state index contributed by atoms with van der Waals surface area (Å²) in [4.78, 5) is 37.7. The summed E-state index contributed by atoms with van der Waals surface area (Å²) in [5, 5.41) is 2.22. The van der Waals surface area contributed by atoms with Crippen molar-refractivity contribution in [3.63, 3.8) is 0 Å². The number of carbonyl (C=O) groups excluding carboxylic acids is 3. The third-order valence-electron chi connectivity index (χ3n) is 3.96. The summed E-state index contributed by atoms with van der Waals surface area (Å²) in [7, 11) is 2.82. The van der Waals surface area contributed by atoms with Crippen LogP contribution >= 0.6 is 11.6 Å². The molecule has 1 saturated heterocycles. The third kappa shape index (κ3) is 3.41. The molecule has 0 bridgehead atoms. The molecule has 0 radical (unpaired) electrons. The molecule has 7 nitrogen and oxygen atoms in total. The van der Waals surface area contributed by atoms with Crippen LogP contribution < -0.4 is 19.7 Å². The molecule has 0 aromatic heterocycles. The zero-order chi connectivity index (χ0) is 20.4. The van der Waals surface area contributed by atoms with Crippen molar-refractivity contribution >= 4 is 41.2 Å². The summed E-state index contributed by atoms with van der Waals surface area (Å²) in [6, 6.07) is 7.16. The van der Waals surface area contributed by atoms with Crippen molar-refractivity contribution in [1.82, 2.24) is 5.32 Å².